The molecule has 0 radical (unpaired) electrons. The summed E-state index contributed by atoms with van der Waals surface area (Å²) in [5.41, 5.74) is -1.09. The fourth-order valence-electron chi connectivity index (χ4n) is 2.47. The Bertz CT molecular complexity index is 1080. The smallest absolute Gasteiger partial charge is 0.265 e. The van der Waals surface area contributed by atoms with Crippen LogP contribution in [0.2, 0.25) is 5.02 Å². The number of hydrogen-bond donors (Lipinski definition) is 1. The molecule has 0 spiro atoms. The first-order valence-corrected chi connectivity index (χ1v) is 8.28. The minimum atomic E-state index is -0.760. The molecular formula is C15H10BClFN3O3S. The summed E-state index contributed by atoms with van der Waals surface area (Å²) in [5, 5.41) is 14.5. The number of pyridine rings is 1. The Hall–Kier alpha value is -2.57. The summed E-state index contributed by atoms with van der Waals surface area (Å²) in [4.78, 5) is 12.9. The van der Waals surface area contributed by atoms with E-state index in [-0.39, 0.29) is 45.3 Å². The van der Waals surface area contributed by atoms with Gasteiger partial charge in [-0.05, 0) is 23.7 Å². The summed E-state index contributed by atoms with van der Waals surface area (Å²) in [6, 6.07) is 2.41. The molecule has 2 heterocycles. The monoisotopic (exact) mass is 377 g/mol. The Labute approximate surface area is 151 Å². The topological polar surface area (TPSA) is 77.2 Å². The predicted octanol–water partition coefficient (Wildman–Crippen LogP) is 1.62. The van der Waals surface area contributed by atoms with Gasteiger partial charge in [0.05, 0.1) is 29.2 Å². The van der Waals surface area contributed by atoms with Gasteiger partial charge in [0.1, 0.15) is 16.3 Å². The Morgan fingerprint density at radius 1 is 1.48 bits per heavy atom. The number of terminal acetylenes is 1. The molecule has 1 N–H and O–H groups in total. The zero-order valence-electron chi connectivity index (χ0n) is 12.9. The van der Waals surface area contributed by atoms with E-state index in [1.807, 2.05) is 0 Å². The van der Waals surface area contributed by atoms with Crippen LogP contribution < -0.4 is 10.3 Å². The van der Waals surface area contributed by atoms with Crippen LogP contribution >= 0.6 is 23.1 Å². The largest absolute Gasteiger partial charge is 0.505 e. The minimum Gasteiger partial charge on any atom is -0.505 e. The summed E-state index contributed by atoms with van der Waals surface area (Å²) >= 11 is 6.96. The minimum absolute atomic E-state index is 0.0272. The lowest BCUT2D eigenvalue weighted by Gasteiger charge is -2.15. The highest BCUT2D eigenvalue weighted by molar-refractivity contribution is 7.13. The van der Waals surface area contributed by atoms with Crippen molar-refractivity contribution in [3.05, 3.63) is 33.3 Å². The molecule has 126 valence electrons. The summed E-state index contributed by atoms with van der Waals surface area (Å²) < 4.78 is 25.1. The van der Waals surface area contributed by atoms with E-state index < -0.39 is 17.1 Å². The molecular weight excluding hydrogens is 368 g/mol. The van der Waals surface area contributed by atoms with Gasteiger partial charge in [-0.1, -0.05) is 22.0 Å². The molecule has 0 saturated carbocycles. The molecule has 1 aromatic carbocycles. The summed E-state index contributed by atoms with van der Waals surface area (Å²) in [6.45, 7) is 0.0834. The van der Waals surface area contributed by atoms with Crippen molar-refractivity contribution in [2.75, 3.05) is 6.51 Å². The molecule has 25 heavy (non-hydrogen) atoms. The molecule has 0 fully saturated rings. The number of fused-ring (bicyclic) bond motifs is 1. The van der Waals surface area contributed by atoms with Gasteiger partial charge in [-0.25, -0.2) is 4.39 Å². The quantitative estimate of drug-likeness (QED) is 0.552. The van der Waals surface area contributed by atoms with Crippen LogP contribution in [0.4, 0.5) is 4.39 Å². The number of hydrogen-bond acceptors (Lipinski definition) is 6. The molecule has 0 unspecified atom stereocenters. The second-order valence-electron chi connectivity index (χ2n) is 4.91. The SMILES string of the molecule is BCOc1c(Cl)ccc(F)c1-c1c(O)c2snnc2n(CC#C)c1=O. The molecule has 0 saturated heterocycles. The highest BCUT2D eigenvalue weighted by atomic mass is 35.5. The maximum Gasteiger partial charge on any atom is 0.265 e. The van der Waals surface area contributed by atoms with Gasteiger partial charge in [0.2, 0.25) is 0 Å². The molecule has 0 aliphatic heterocycles. The fraction of sp³-hybridized carbons (Fsp3) is 0.133. The maximum atomic E-state index is 14.6. The standard InChI is InChI=1S/C15H10BClFN3O3S/c1-2-5-21-14-13(25-20-19-14)11(22)10(15(21)23)9-8(18)4-3-7(17)12(9)24-6-16/h1,3-4,22H,5-6,16H2. The number of rotatable bonds is 4. The molecule has 0 amide bonds. The lowest BCUT2D eigenvalue weighted by molar-refractivity contribution is 0.386. The first-order valence-electron chi connectivity index (χ1n) is 7.13. The zero-order valence-corrected chi connectivity index (χ0v) is 14.5. The molecule has 0 atom stereocenters. The van der Waals surface area contributed by atoms with Crippen LogP contribution in [0.15, 0.2) is 16.9 Å². The number of ether oxygens (including phenoxy) is 1. The Balaban J connectivity index is 2.48. The van der Waals surface area contributed by atoms with E-state index in [0.717, 1.165) is 22.2 Å². The van der Waals surface area contributed by atoms with Crippen molar-refractivity contribution in [1.29, 1.82) is 0 Å². The first-order chi connectivity index (χ1) is 12.0. The molecule has 3 rings (SSSR count). The Morgan fingerprint density at radius 3 is 2.92 bits per heavy atom. The van der Waals surface area contributed by atoms with Gasteiger partial charge in [-0.3, -0.25) is 9.36 Å². The molecule has 0 bridgehead atoms. The normalized spacial score (nSPS) is 10.8. The van der Waals surface area contributed by atoms with Crippen molar-refractivity contribution in [3.63, 3.8) is 0 Å². The van der Waals surface area contributed by atoms with Gasteiger partial charge in [-0.2, -0.15) is 0 Å². The molecule has 10 heteroatoms. The van der Waals surface area contributed by atoms with E-state index in [0.29, 0.717) is 0 Å². The third-order valence-electron chi connectivity index (χ3n) is 3.48. The number of halogens is 2. The van der Waals surface area contributed by atoms with Crippen molar-refractivity contribution in [2.24, 2.45) is 0 Å². The molecule has 3 aromatic rings. The fourth-order valence-corrected chi connectivity index (χ4v) is 3.31. The van der Waals surface area contributed by atoms with Gasteiger partial charge in [-0.15, -0.1) is 11.5 Å². The first kappa shape index (κ1) is 17.3. The molecule has 6 nitrogen and oxygen atoms in total. The van der Waals surface area contributed by atoms with Gasteiger partial charge in [0, 0.05) is 0 Å². The average molecular weight is 378 g/mol. The Kier molecular flexibility index (Phi) is 4.66. The number of benzene rings is 1. The lowest BCUT2D eigenvalue weighted by atomic mass is 10.0. The second kappa shape index (κ2) is 6.74. The van der Waals surface area contributed by atoms with Gasteiger partial charge < -0.3 is 9.84 Å². The van der Waals surface area contributed by atoms with Gasteiger partial charge in [0.25, 0.3) is 5.56 Å². The van der Waals surface area contributed by atoms with Crippen molar-refractivity contribution in [1.82, 2.24) is 14.2 Å². The van der Waals surface area contributed by atoms with Crippen molar-refractivity contribution < 1.29 is 14.2 Å². The zero-order chi connectivity index (χ0) is 18.1. The third-order valence-corrected chi connectivity index (χ3v) is 4.50. The van der Waals surface area contributed by atoms with Crippen LogP contribution in [0, 0.1) is 18.2 Å². The summed E-state index contributed by atoms with van der Waals surface area (Å²) in [5.74, 6) is 1.11. The van der Waals surface area contributed by atoms with Crippen LogP contribution in [0.3, 0.4) is 0 Å². The van der Waals surface area contributed by atoms with Crippen molar-refractivity contribution in [3.8, 4) is 35.0 Å². The van der Waals surface area contributed by atoms with Crippen LogP contribution in [0.5, 0.6) is 11.5 Å². The molecule has 2 aromatic heterocycles. The van der Waals surface area contributed by atoms with E-state index >= 15 is 0 Å². The Morgan fingerprint density at radius 2 is 2.24 bits per heavy atom. The van der Waals surface area contributed by atoms with Crippen LogP contribution in [0.25, 0.3) is 21.5 Å². The highest BCUT2D eigenvalue weighted by Crippen LogP contribution is 2.42. The molecule has 0 aliphatic rings. The highest BCUT2D eigenvalue weighted by Gasteiger charge is 2.26. The van der Waals surface area contributed by atoms with Crippen LogP contribution in [-0.4, -0.2) is 33.6 Å². The number of nitrogens with zero attached hydrogens (tertiary/aromatic N) is 3. The second-order valence-corrected chi connectivity index (χ2v) is 6.07. The summed E-state index contributed by atoms with van der Waals surface area (Å²) in [6.07, 6.45) is 5.31. The van der Waals surface area contributed by atoms with E-state index in [4.69, 9.17) is 22.8 Å². The van der Waals surface area contributed by atoms with Crippen LogP contribution in [0.1, 0.15) is 0 Å². The van der Waals surface area contributed by atoms with Gasteiger partial charge in [0.15, 0.2) is 19.2 Å². The third kappa shape index (κ3) is 2.73. The van der Waals surface area contributed by atoms with Crippen LogP contribution in [-0.2, 0) is 6.54 Å². The predicted molar refractivity (Wildman–Crippen MR) is 96.6 cm³/mol. The van der Waals surface area contributed by atoms with Gasteiger partial charge >= 0.3 is 0 Å². The lowest BCUT2D eigenvalue weighted by Crippen LogP contribution is -2.22. The van der Waals surface area contributed by atoms with Crippen molar-refractivity contribution in [2.45, 2.75) is 6.54 Å². The van der Waals surface area contributed by atoms with E-state index in [1.165, 1.54) is 6.07 Å². The number of aromatic nitrogens is 3. The average Bonchev–Trinajstić information content (AvgIpc) is 3.07. The number of aromatic hydroxyl groups is 1. The van der Waals surface area contributed by atoms with Crippen molar-refractivity contribution >= 4 is 41.3 Å². The molecule has 0 aliphatic carbocycles. The van der Waals surface area contributed by atoms with E-state index in [2.05, 4.69) is 15.5 Å². The van der Waals surface area contributed by atoms with E-state index in [1.54, 1.807) is 7.85 Å². The maximum absolute atomic E-state index is 14.6. The summed E-state index contributed by atoms with van der Waals surface area (Å²) in [7, 11) is 1.69. The van der Waals surface area contributed by atoms with E-state index in [9.17, 15) is 14.3 Å².